The number of carbonyl (C=O) groups is 4. The molecular formula is C18H16F4N2O5. The smallest absolute Gasteiger partial charge is 0.230 e. The van der Waals surface area contributed by atoms with Crippen molar-refractivity contribution in [2.45, 2.75) is 19.3 Å². The Bertz CT molecular complexity index is 865. The predicted octanol–water partition coefficient (Wildman–Crippen LogP) is 0.996. The molecule has 0 spiro atoms. The van der Waals surface area contributed by atoms with E-state index in [1.54, 1.807) is 0 Å². The molecule has 0 aliphatic carbocycles. The van der Waals surface area contributed by atoms with Crippen molar-refractivity contribution in [3.63, 3.8) is 0 Å². The summed E-state index contributed by atoms with van der Waals surface area (Å²) in [7, 11) is 0. The number of hydrogen-bond acceptors (Lipinski definition) is 5. The minimum Gasteiger partial charge on any atom is -0.480 e. The zero-order chi connectivity index (χ0) is 21.3. The highest BCUT2D eigenvalue weighted by molar-refractivity contribution is 6.05. The molecule has 1 aromatic carbocycles. The van der Waals surface area contributed by atoms with Gasteiger partial charge >= 0.3 is 0 Å². The number of benzene rings is 1. The molecular weight excluding hydrogens is 400 g/mol. The lowest BCUT2D eigenvalue weighted by molar-refractivity contribution is -0.134. The summed E-state index contributed by atoms with van der Waals surface area (Å²) in [5, 5.41) is 4.63. The normalized spacial score (nSPS) is 22.4. The third kappa shape index (κ3) is 4.22. The van der Waals surface area contributed by atoms with Gasteiger partial charge < -0.3 is 10.1 Å². The van der Waals surface area contributed by atoms with E-state index in [4.69, 9.17) is 0 Å². The monoisotopic (exact) mass is 416 g/mol. The minimum absolute atomic E-state index is 0.00463. The van der Waals surface area contributed by atoms with Crippen molar-refractivity contribution in [1.29, 1.82) is 0 Å². The summed E-state index contributed by atoms with van der Waals surface area (Å²) in [4.78, 5) is 48.0. The molecule has 2 aliphatic heterocycles. The van der Waals surface area contributed by atoms with Crippen molar-refractivity contribution in [2.75, 3.05) is 13.2 Å². The Morgan fingerprint density at radius 3 is 2.28 bits per heavy atom. The van der Waals surface area contributed by atoms with Crippen LogP contribution in [-0.2, 0) is 19.2 Å². The molecule has 29 heavy (non-hydrogen) atoms. The van der Waals surface area contributed by atoms with Crippen LogP contribution in [-0.4, -0.2) is 36.7 Å². The van der Waals surface area contributed by atoms with Crippen molar-refractivity contribution in [3.8, 4) is 5.75 Å². The van der Waals surface area contributed by atoms with Crippen LogP contribution < -0.4 is 15.4 Å². The average Bonchev–Trinajstić information content (AvgIpc) is 3.22. The number of carbonyl (C=O) groups excluding carboxylic acids is 4. The molecule has 0 bridgehead atoms. The summed E-state index contributed by atoms with van der Waals surface area (Å²) in [5.74, 6) is -13.7. The Morgan fingerprint density at radius 2 is 1.76 bits per heavy atom. The van der Waals surface area contributed by atoms with E-state index in [0.29, 0.717) is 13.0 Å². The zero-order valence-corrected chi connectivity index (χ0v) is 14.9. The molecule has 3 amide bonds. The minimum atomic E-state index is -1.81. The van der Waals surface area contributed by atoms with Crippen LogP contribution in [0.1, 0.15) is 19.3 Å². The molecule has 3 atom stereocenters. The van der Waals surface area contributed by atoms with E-state index in [1.165, 1.54) is 0 Å². The highest BCUT2D eigenvalue weighted by Crippen LogP contribution is 2.32. The molecule has 0 saturated carbocycles. The lowest BCUT2D eigenvalue weighted by atomic mass is 9.80. The van der Waals surface area contributed by atoms with E-state index in [1.807, 2.05) is 0 Å². The maximum absolute atomic E-state index is 13.7. The van der Waals surface area contributed by atoms with Gasteiger partial charge in [0.2, 0.25) is 29.4 Å². The number of amides is 3. The first-order valence-corrected chi connectivity index (χ1v) is 8.79. The first-order valence-electron chi connectivity index (χ1n) is 8.79. The molecule has 2 saturated heterocycles. The van der Waals surface area contributed by atoms with Crippen LogP contribution in [0.25, 0.3) is 0 Å². The number of imide groups is 1. The highest BCUT2D eigenvalue weighted by atomic mass is 19.2. The van der Waals surface area contributed by atoms with Gasteiger partial charge in [-0.1, -0.05) is 0 Å². The molecule has 2 aliphatic rings. The third-order valence-electron chi connectivity index (χ3n) is 5.04. The number of hydrogen-bond donors (Lipinski definition) is 2. The summed E-state index contributed by atoms with van der Waals surface area (Å²) in [6.45, 7) is -0.622. The van der Waals surface area contributed by atoms with Crippen molar-refractivity contribution in [3.05, 3.63) is 29.3 Å². The fourth-order valence-corrected chi connectivity index (χ4v) is 3.52. The fraction of sp³-hybridized carbons (Fsp3) is 0.444. The Kier molecular flexibility index (Phi) is 5.85. The standard InChI is InChI=1S/C18H16F4N2O5/c19-10-5-11(20)15(22)16(14(10)21)29-6-12(25)8(3-7-1-2-23-17(7)27)9-4-13(26)24-18(9)28/h5,7-9H,1-4,6H2,(H,23,27)(H,24,26,28)/t7-,8+,9?/m1/s1. The summed E-state index contributed by atoms with van der Waals surface area (Å²) in [5.41, 5.74) is 0. The van der Waals surface area contributed by atoms with Crippen molar-refractivity contribution < 1.29 is 41.5 Å². The summed E-state index contributed by atoms with van der Waals surface area (Å²) in [6.07, 6.45) is 0.0346. The molecule has 3 rings (SSSR count). The Morgan fingerprint density at radius 1 is 1.10 bits per heavy atom. The topological polar surface area (TPSA) is 102 Å². The predicted molar refractivity (Wildman–Crippen MR) is 87.3 cm³/mol. The van der Waals surface area contributed by atoms with Gasteiger partial charge in [0.05, 0.1) is 5.92 Å². The fourth-order valence-electron chi connectivity index (χ4n) is 3.52. The maximum Gasteiger partial charge on any atom is 0.230 e. The summed E-state index contributed by atoms with van der Waals surface area (Å²) in [6, 6.07) is -0.00463. The first-order chi connectivity index (χ1) is 13.7. The van der Waals surface area contributed by atoms with E-state index in [0.717, 1.165) is 0 Å². The van der Waals surface area contributed by atoms with Crippen LogP contribution in [0.3, 0.4) is 0 Å². The lowest BCUT2D eigenvalue weighted by Gasteiger charge is -2.22. The molecule has 7 nitrogen and oxygen atoms in total. The second kappa shape index (κ2) is 8.18. The van der Waals surface area contributed by atoms with Gasteiger partial charge in [0.25, 0.3) is 0 Å². The Hall–Kier alpha value is -2.98. The van der Waals surface area contributed by atoms with Gasteiger partial charge in [-0.15, -0.1) is 0 Å². The Balaban J connectivity index is 1.79. The number of ketones is 1. The maximum atomic E-state index is 13.7. The molecule has 2 heterocycles. The summed E-state index contributed by atoms with van der Waals surface area (Å²) >= 11 is 0. The molecule has 11 heteroatoms. The molecule has 1 aromatic rings. The SMILES string of the molecule is O=C1CC([C@H](C[C@H]2CCNC2=O)C(=O)COc2c(F)c(F)cc(F)c2F)C(=O)N1. The van der Waals surface area contributed by atoms with E-state index in [-0.39, 0.29) is 24.8 Å². The van der Waals surface area contributed by atoms with Gasteiger partial charge in [-0.3, -0.25) is 24.5 Å². The van der Waals surface area contributed by atoms with Crippen LogP contribution in [0.4, 0.5) is 17.6 Å². The first kappa shape index (κ1) is 20.7. The number of rotatable bonds is 7. The van der Waals surface area contributed by atoms with E-state index in [9.17, 15) is 36.7 Å². The molecule has 2 fully saturated rings. The van der Waals surface area contributed by atoms with Crippen LogP contribution in [0, 0.1) is 41.0 Å². The summed E-state index contributed by atoms with van der Waals surface area (Å²) < 4.78 is 58.7. The van der Waals surface area contributed by atoms with E-state index in [2.05, 4.69) is 15.4 Å². The molecule has 1 unspecified atom stereocenters. The van der Waals surface area contributed by atoms with Gasteiger partial charge in [0, 0.05) is 30.9 Å². The largest absolute Gasteiger partial charge is 0.480 e. The van der Waals surface area contributed by atoms with Crippen LogP contribution in [0.2, 0.25) is 0 Å². The van der Waals surface area contributed by atoms with Crippen LogP contribution in [0.5, 0.6) is 5.75 Å². The zero-order valence-electron chi connectivity index (χ0n) is 14.9. The average molecular weight is 416 g/mol. The molecule has 156 valence electrons. The number of halogens is 4. The van der Waals surface area contributed by atoms with Crippen molar-refractivity contribution >= 4 is 23.5 Å². The van der Waals surface area contributed by atoms with Gasteiger partial charge in [-0.2, -0.15) is 8.78 Å². The number of Topliss-reactive ketones (excluding diaryl/α,β-unsaturated/α-hetero) is 1. The van der Waals surface area contributed by atoms with Crippen LogP contribution in [0.15, 0.2) is 6.07 Å². The number of nitrogens with one attached hydrogen (secondary N) is 2. The third-order valence-corrected chi connectivity index (χ3v) is 5.04. The van der Waals surface area contributed by atoms with E-state index >= 15 is 0 Å². The number of ether oxygens (including phenoxy) is 1. The van der Waals surface area contributed by atoms with Crippen molar-refractivity contribution in [1.82, 2.24) is 10.6 Å². The van der Waals surface area contributed by atoms with E-state index < -0.39 is 71.0 Å². The Labute approximate surface area is 161 Å². The molecule has 2 N–H and O–H groups in total. The lowest BCUT2D eigenvalue weighted by Crippen LogP contribution is -2.35. The van der Waals surface area contributed by atoms with Crippen LogP contribution >= 0.6 is 0 Å². The van der Waals surface area contributed by atoms with Crippen molar-refractivity contribution in [2.24, 2.45) is 17.8 Å². The van der Waals surface area contributed by atoms with Gasteiger partial charge in [-0.05, 0) is 12.8 Å². The van der Waals surface area contributed by atoms with Gasteiger partial charge in [0.1, 0.15) is 6.61 Å². The highest BCUT2D eigenvalue weighted by Gasteiger charge is 2.43. The van der Waals surface area contributed by atoms with Gasteiger partial charge in [-0.25, -0.2) is 8.78 Å². The van der Waals surface area contributed by atoms with Gasteiger partial charge in [0.15, 0.2) is 23.2 Å². The molecule has 0 radical (unpaired) electrons. The second-order valence-electron chi connectivity index (χ2n) is 6.89. The molecule has 0 aromatic heterocycles. The quantitative estimate of drug-likeness (QED) is 0.392. The second-order valence-corrected chi connectivity index (χ2v) is 6.89.